The molecule has 0 aliphatic carbocycles. The zero-order valence-electron chi connectivity index (χ0n) is 15.7. The third-order valence-corrected chi connectivity index (χ3v) is 5.09. The number of unbranched alkanes of at least 4 members (excludes halogenated alkanes) is 11. The van der Waals surface area contributed by atoms with Gasteiger partial charge < -0.3 is 0 Å². The molecule has 0 aliphatic rings. The van der Waals surface area contributed by atoms with E-state index in [-0.39, 0.29) is 0 Å². The van der Waals surface area contributed by atoms with Gasteiger partial charge in [-0.3, -0.25) is 0 Å². The van der Waals surface area contributed by atoms with Crippen LogP contribution < -0.4 is 0 Å². The molecule has 0 N–H and O–H groups in total. The van der Waals surface area contributed by atoms with Gasteiger partial charge in [0, 0.05) is 0 Å². The van der Waals surface area contributed by atoms with Gasteiger partial charge in [-0.1, -0.05) is 114 Å². The summed E-state index contributed by atoms with van der Waals surface area (Å²) in [6.07, 6.45) is 18.2. The quantitative estimate of drug-likeness (QED) is 0.329. The van der Waals surface area contributed by atoms with E-state index in [2.05, 4.69) is 49.4 Å². The molecule has 0 saturated heterocycles. The Morgan fingerprint density at radius 1 is 0.667 bits per heavy atom. The SMILES string of the molecule is CCCCCCCCCCCCCCc1[c]ccc2ccccc12. The van der Waals surface area contributed by atoms with Crippen LogP contribution in [-0.4, -0.2) is 0 Å². The maximum atomic E-state index is 3.45. The minimum atomic E-state index is 1.18. The average Bonchev–Trinajstić information content (AvgIpc) is 2.63. The first kappa shape index (κ1) is 19.0. The largest absolute Gasteiger partial charge is 0.0654 e. The topological polar surface area (TPSA) is 0 Å². The highest BCUT2D eigenvalue weighted by Crippen LogP contribution is 2.20. The predicted molar refractivity (Wildman–Crippen MR) is 108 cm³/mol. The lowest BCUT2D eigenvalue weighted by Gasteiger charge is -2.06. The first-order valence-corrected chi connectivity index (χ1v) is 10.3. The molecule has 0 aromatic heterocycles. The maximum absolute atomic E-state index is 3.45. The minimum Gasteiger partial charge on any atom is -0.0654 e. The predicted octanol–water partition coefficient (Wildman–Crippen LogP) is 7.88. The summed E-state index contributed by atoms with van der Waals surface area (Å²) in [5.74, 6) is 0. The lowest BCUT2D eigenvalue weighted by molar-refractivity contribution is 0.544. The van der Waals surface area contributed by atoms with Gasteiger partial charge in [-0.15, -0.1) is 0 Å². The van der Waals surface area contributed by atoms with Crippen LogP contribution in [0.3, 0.4) is 0 Å². The van der Waals surface area contributed by atoms with Crippen molar-refractivity contribution < 1.29 is 0 Å². The van der Waals surface area contributed by atoms with Crippen LogP contribution >= 0.6 is 0 Å². The Hall–Kier alpha value is -1.30. The Bertz CT molecular complexity index is 549. The average molecular weight is 324 g/mol. The van der Waals surface area contributed by atoms with Crippen LogP contribution in [0.4, 0.5) is 0 Å². The molecule has 2 aromatic carbocycles. The molecule has 0 aliphatic heterocycles. The van der Waals surface area contributed by atoms with Gasteiger partial charge in [-0.2, -0.15) is 0 Å². The van der Waals surface area contributed by atoms with Crippen molar-refractivity contribution in [3.63, 3.8) is 0 Å². The summed E-state index contributed by atoms with van der Waals surface area (Å²) in [6.45, 7) is 2.29. The van der Waals surface area contributed by atoms with Crippen molar-refractivity contribution in [2.75, 3.05) is 0 Å². The van der Waals surface area contributed by atoms with Crippen molar-refractivity contribution >= 4 is 10.8 Å². The van der Waals surface area contributed by atoms with Gasteiger partial charge in [0.25, 0.3) is 0 Å². The van der Waals surface area contributed by atoms with E-state index in [0.717, 1.165) is 0 Å². The van der Waals surface area contributed by atoms with Crippen molar-refractivity contribution in [2.45, 2.75) is 90.4 Å². The molecule has 0 spiro atoms. The van der Waals surface area contributed by atoms with Crippen molar-refractivity contribution in [2.24, 2.45) is 0 Å². The van der Waals surface area contributed by atoms with Crippen LogP contribution in [0.25, 0.3) is 10.8 Å². The van der Waals surface area contributed by atoms with Crippen LogP contribution in [0.5, 0.6) is 0 Å². The molecule has 0 nitrogen and oxygen atoms in total. The Morgan fingerprint density at radius 3 is 1.92 bits per heavy atom. The Kier molecular flexibility index (Phi) is 9.61. The number of aryl methyl sites for hydroxylation is 1. The third kappa shape index (κ3) is 7.07. The Morgan fingerprint density at radius 2 is 1.25 bits per heavy atom. The smallest absolute Gasteiger partial charge is 0.0143 e. The molecule has 0 fully saturated rings. The van der Waals surface area contributed by atoms with Gasteiger partial charge >= 0.3 is 0 Å². The molecule has 0 saturated carbocycles. The molecular formula is C24H35. The van der Waals surface area contributed by atoms with Gasteiger partial charge in [0.1, 0.15) is 0 Å². The molecule has 24 heavy (non-hydrogen) atoms. The lowest BCUT2D eigenvalue weighted by Crippen LogP contribution is -1.89. The highest BCUT2D eigenvalue weighted by atomic mass is 14.1. The first-order valence-electron chi connectivity index (χ1n) is 10.3. The van der Waals surface area contributed by atoms with Gasteiger partial charge in [0.05, 0.1) is 0 Å². The van der Waals surface area contributed by atoms with Gasteiger partial charge in [-0.05, 0) is 35.2 Å². The normalized spacial score (nSPS) is 11.2. The fraction of sp³-hybridized carbons (Fsp3) is 0.583. The van der Waals surface area contributed by atoms with Crippen LogP contribution in [0.2, 0.25) is 0 Å². The second kappa shape index (κ2) is 12.1. The molecule has 0 heteroatoms. The second-order valence-electron chi connectivity index (χ2n) is 7.18. The zero-order valence-corrected chi connectivity index (χ0v) is 15.7. The number of fused-ring (bicyclic) bond motifs is 1. The van der Waals surface area contributed by atoms with E-state index < -0.39 is 0 Å². The van der Waals surface area contributed by atoms with Crippen LogP contribution in [0.1, 0.15) is 89.5 Å². The molecular weight excluding hydrogens is 288 g/mol. The summed E-state index contributed by atoms with van der Waals surface area (Å²) in [5.41, 5.74) is 1.40. The second-order valence-corrected chi connectivity index (χ2v) is 7.18. The summed E-state index contributed by atoms with van der Waals surface area (Å²) in [5, 5.41) is 2.74. The minimum absolute atomic E-state index is 1.18. The summed E-state index contributed by atoms with van der Waals surface area (Å²) in [6, 6.07) is 16.4. The van der Waals surface area contributed by atoms with Crippen LogP contribution in [0, 0.1) is 6.07 Å². The zero-order chi connectivity index (χ0) is 16.9. The third-order valence-electron chi connectivity index (χ3n) is 5.09. The molecule has 0 atom stereocenters. The van der Waals surface area contributed by atoms with E-state index in [4.69, 9.17) is 0 Å². The van der Waals surface area contributed by atoms with E-state index in [1.807, 2.05) is 0 Å². The number of benzene rings is 2. The molecule has 0 amide bonds. The van der Waals surface area contributed by atoms with Crippen molar-refractivity contribution in [1.29, 1.82) is 0 Å². The molecule has 0 unspecified atom stereocenters. The van der Waals surface area contributed by atoms with Gasteiger partial charge in [0.15, 0.2) is 0 Å². The highest BCUT2D eigenvalue weighted by Gasteiger charge is 2.00. The van der Waals surface area contributed by atoms with Crippen LogP contribution in [-0.2, 0) is 6.42 Å². The summed E-state index contributed by atoms with van der Waals surface area (Å²) in [4.78, 5) is 0. The molecule has 0 heterocycles. The fourth-order valence-electron chi connectivity index (χ4n) is 3.58. The molecule has 2 rings (SSSR count). The molecule has 2 aromatic rings. The van der Waals surface area contributed by atoms with Crippen LogP contribution in [0.15, 0.2) is 36.4 Å². The Labute approximate surface area is 149 Å². The lowest BCUT2D eigenvalue weighted by atomic mass is 9.99. The van der Waals surface area contributed by atoms with E-state index in [1.165, 1.54) is 99.8 Å². The van der Waals surface area contributed by atoms with Crippen molar-refractivity contribution in [3.8, 4) is 0 Å². The highest BCUT2D eigenvalue weighted by molar-refractivity contribution is 5.85. The Balaban J connectivity index is 1.49. The molecule has 0 bridgehead atoms. The van der Waals surface area contributed by atoms with Gasteiger partial charge in [-0.25, -0.2) is 0 Å². The molecule has 1 radical (unpaired) electrons. The van der Waals surface area contributed by atoms with E-state index in [1.54, 1.807) is 0 Å². The van der Waals surface area contributed by atoms with E-state index in [9.17, 15) is 0 Å². The molecule has 131 valence electrons. The van der Waals surface area contributed by atoms with Crippen molar-refractivity contribution in [3.05, 3.63) is 48.0 Å². The summed E-state index contributed by atoms with van der Waals surface area (Å²) in [7, 11) is 0. The van der Waals surface area contributed by atoms with E-state index >= 15 is 0 Å². The van der Waals surface area contributed by atoms with E-state index in [0.29, 0.717) is 0 Å². The first-order chi connectivity index (χ1) is 11.9. The number of hydrogen-bond acceptors (Lipinski definition) is 0. The fourth-order valence-corrected chi connectivity index (χ4v) is 3.58. The number of hydrogen-bond donors (Lipinski definition) is 0. The summed E-state index contributed by atoms with van der Waals surface area (Å²) >= 11 is 0. The standard InChI is InChI=1S/C24H35/c1-2-3-4-5-6-7-8-9-10-11-12-13-17-22-19-16-20-23-18-14-15-21-24(22)23/h14-16,18,20-21H,2-13,17H2,1H3. The van der Waals surface area contributed by atoms with Gasteiger partial charge in [0.2, 0.25) is 0 Å². The number of rotatable bonds is 13. The summed E-state index contributed by atoms with van der Waals surface area (Å²) < 4.78 is 0. The van der Waals surface area contributed by atoms with Crippen molar-refractivity contribution in [1.82, 2.24) is 0 Å². The monoisotopic (exact) mass is 323 g/mol. The maximum Gasteiger partial charge on any atom is -0.0143 e.